The summed E-state index contributed by atoms with van der Waals surface area (Å²) in [6.45, 7) is 4.62. The molecular weight excluding hydrogens is 337 g/mol. The molecule has 0 bridgehead atoms. The number of aryl methyl sites for hydroxylation is 1. The van der Waals surface area contributed by atoms with Crippen LogP contribution in [0.2, 0.25) is 0 Å². The van der Waals surface area contributed by atoms with Crippen LogP contribution in [-0.4, -0.2) is 24.5 Å². The van der Waals surface area contributed by atoms with Gasteiger partial charge in [-0.15, -0.1) is 11.3 Å². The van der Waals surface area contributed by atoms with Gasteiger partial charge in [0.1, 0.15) is 10.0 Å². The lowest BCUT2D eigenvalue weighted by molar-refractivity contribution is 0.573. The summed E-state index contributed by atoms with van der Waals surface area (Å²) < 4.78 is 43.3. The van der Waals surface area contributed by atoms with Gasteiger partial charge in [-0.1, -0.05) is 0 Å². The molecule has 1 aromatic carbocycles. The summed E-state index contributed by atoms with van der Waals surface area (Å²) >= 11 is 1.13. The van der Waals surface area contributed by atoms with E-state index in [-0.39, 0.29) is 16.6 Å². The van der Waals surface area contributed by atoms with Crippen molar-refractivity contribution in [3.05, 3.63) is 47.8 Å². The Morgan fingerprint density at radius 2 is 2.09 bits per heavy atom. The van der Waals surface area contributed by atoms with Gasteiger partial charge < -0.3 is 4.57 Å². The Hall–Kier alpha value is -1.77. The van der Waals surface area contributed by atoms with Crippen molar-refractivity contribution in [2.24, 2.45) is 0 Å². The van der Waals surface area contributed by atoms with Gasteiger partial charge in [0.25, 0.3) is 0 Å². The van der Waals surface area contributed by atoms with Crippen LogP contribution in [0.4, 0.5) is 4.39 Å². The zero-order valence-corrected chi connectivity index (χ0v) is 14.3. The van der Waals surface area contributed by atoms with E-state index >= 15 is 0 Å². The molecule has 0 amide bonds. The molecule has 5 nitrogen and oxygen atoms in total. The van der Waals surface area contributed by atoms with E-state index < -0.39 is 10.0 Å². The SMILES string of the molecule is Cc1ncn(CCNS(=O)(=O)c2cc3cc(F)ccc3s2)c1C. The van der Waals surface area contributed by atoms with Gasteiger partial charge in [0.2, 0.25) is 10.0 Å². The van der Waals surface area contributed by atoms with Gasteiger partial charge in [0, 0.05) is 23.5 Å². The van der Waals surface area contributed by atoms with Crippen LogP contribution >= 0.6 is 11.3 Å². The number of hydrogen-bond acceptors (Lipinski definition) is 4. The maximum absolute atomic E-state index is 13.2. The number of benzene rings is 1. The lowest BCUT2D eigenvalue weighted by atomic mass is 10.3. The van der Waals surface area contributed by atoms with E-state index in [0.717, 1.165) is 27.4 Å². The summed E-state index contributed by atoms with van der Waals surface area (Å²) in [6, 6.07) is 5.75. The van der Waals surface area contributed by atoms with Crippen LogP contribution < -0.4 is 4.72 Å². The van der Waals surface area contributed by atoms with Crippen molar-refractivity contribution in [3.8, 4) is 0 Å². The maximum Gasteiger partial charge on any atom is 0.250 e. The summed E-state index contributed by atoms with van der Waals surface area (Å²) in [5.74, 6) is -0.377. The molecule has 2 heterocycles. The van der Waals surface area contributed by atoms with Crippen LogP contribution in [0, 0.1) is 19.7 Å². The molecule has 122 valence electrons. The molecule has 0 saturated heterocycles. The predicted molar refractivity (Wildman–Crippen MR) is 88.7 cm³/mol. The summed E-state index contributed by atoms with van der Waals surface area (Å²) in [6.07, 6.45) is 1.70. The minimum atomic E-state index is -3.60. The van der Waals surface area contributed by atoms with Gasteiger partial charge in [0.05, 0.1) is 12.0 Å². The molecule has 0 spiro atoms. The Kier molecular flexibility index (Phi) is 4.22. The Morgan fingerprint density at radius 3 is 2.78 bits per heavy atom. The van der Waals surface area contributed by atoms with Crippen molar-refractivity contribution in [3.63, 3.8) is 0 Å². The Labute approximate surface area is 137 Å². The highest BCUT2D eigenvalue weighted by Crippen LogP contribution is 2.29. The third kappa shape index (κ3) is 3.29. The maximum atomic E-state index is 13.2. The largest absolute Gasteiger partial charge is 0.333 e. The molecule has 8 heteroatoms. The molecule has 0 aliphatic carbocycles. The molecule has 0 aliphatic heterocycles. The number of aromatic nitrogens is 2. The number of halogens is 1. The van der Waals surface area contributed by atoms with Crippen molar-refractivity contribution >= 4 is 31.4 Å². The van der Waals surface area contributed by atoms with Gasteiger partial charge in [-0.3, -0.25) is 0 Å². The van der Waals surface area contributed by atoms with Crippen LogP contribution in [0.1, 0.15) is 11.4 Å². The minimum absolute atomic E-state index is 0.191. The summed E-state index contributed by atoms with van der Waals surface area (Å²) in [5.41, 5.74) is 1.95. The highest BCUT2D eigenvalue weighted by atomic mass is 32.2. The molecule has 0 atom stereocenters. The van der Waals surface area contributed by atoms with Crippen LogP contribution in [0.25, 0.3) is 10.1 Å². The number of rotatable bonds is 5. The second-order valence-corrected chi connectivity index (χ2v) is 8.33. The lowest BCUT2D eigenvalue weighted by Gasteiger charge is -2.07. The van der Waals surface area contributed by atoms with Crippen molar-refractivity contribution in [1.29, 1.82) is 0 Å². The number of nitrogens with zero attached hydrogens (tertiary/aromatic N) is 2. The first-order valence-electron chi connectivity index (χ1n) is 7.04. The standard InChI is InChI=1S/C15H16FN3O2S2/c1-10-11(2)19(9-17-10)6-5-18-23(20,21)15-8-12-7-13(16)3-4-14(12)22-15/h3-4,7-9,18H,5-6H2,1-2H3. The second kappa shape index (κ2) is 6.03. The molecule has 0 radical (unpaired) electrons. The number of sulfonamides is 1. The fourth-order valence-electron chi connectivity index (χ4n) is 2.26. The Balaban J connectivity index is 1.74. The average Bonchev–Trinajstić information content (AvgIpc) is 3.05. The van der Waals surface area contributed by atoms with E-state index in [0.29, 0.717) is 11.9 Å². The van der Waals surface area contributed by atoms with Gasteiger partial charge in [0.15, 0.2) is 0 Å². The third-order valence-corrected chi connectivity index (χ3v) is 6.76. The van der Waals surface area contributed by atoms with Crippen LogP contribution in [-0.2, 0) is 16.6 Å². The number of imidazole rings is 1. The summed E-state index contributed by atoms with van der Waals surface area (Å²) in [4.78, 5) is 4.18. The van der Waals surface area contributed by atoms with E-state index in [1.807, 2.05) is 18.4 Å². The van der Waals surface area contributed by atoms with E-state index in [2.05, 4.69) is 9.71 Å². The molecule has 0 aliphatic rings. The topological polar surface area (TPSA) is 64.0 Å². The molecule has 0 fully saturated rings. The fraction of sp³-hybridized carbons (Fsp3) is 0.267. The predicted octanol–water partition coefficient (Wildman–Crippen LogP) is 2.83. The van der Waals surface area contributed by atoms with Crippen molar-refractivity contribution in [2.75, 3.05) is 6.54 Å². The van der Waals surface area contributed by atoms with Crippen LogP contribution in [0.15, 0.2) is 34.8 Å². The molecule has 2 aromatic heterocycles. The third-order valence-electron chi connectivity index (χ3n) is 3.71. The van der Waals surface area contributed by atoms with Gasteiger partial charge in [-0.2, -0.15) is 0 Å². The highest BCUT2D eigenvalue weighted by molar-refractivity contribution is 7.91. The molecule has 0 saturated carbocycles. The minimum Gasteiger partial charge on any atom is -0.333 e. The molecule has 3 rings (SSSR count). The van der Waals surface area contributed by atoms with Crippen LogP contribution in [0.3, 0.4) is 0 Å². The molecule has 0 unspecified atom stereocenters. The van der Waals surface area contributed by atoms with Gasteiger partial charge in [-0.05, 0) is 43.5 Å². The summed E-state index contributed by atoms with van der Waals surface area (Å²) in [7, 11) is -3.60. The summed E-state index contributed by atoms with van der Waals surface area (Å²) in [5, 5.41) is 0.594. The number of hydrogen-bond donors (Lipinski definition) is 1. The van der Waals surface area contributed by atoms with E-state index in [1.54, 1.807) is 12.4 Å². The van der Waals surface area contributed by atoms with Crippen molar-refractivity contribution in [1.82, 2.24) is 14.3 Å². The van der Waals surface area contributed by atoms with E-state index in [1.165, 1.54) is 18.2 Å². The Morgan fingerprint density at radius 1 is 1.30 bits per heavy atom. The lowest BCUT2D eigenvalue weighted by Crippen LogP contribution is -2.26. The second-order valence-electron chi connectivity index (χ2n) is 5.25. The molecular formula is C15H16FN3O2S2. The van der Waals surface area contributed by atoms with E-state index in [9.17, 15) is 12.8 Å². The van der Waals surface area contributed by atoms with Crippen molar-refractivity contribution in [2.45, 2.75) is 24.6 Å². The van der Waals surface area contributed by atoms with Gasteiger partial charge in [-0.25, -0.2) is 22.5 Å². The first-order chi connectivity index (χ1) is 10.9. The number of fused-ring (bicyclic) bond motifs is 1. The zero-order chi connectivity index (χ0) is 16.6. The Bertz CT molecular complexity index is 960. The first kappa shape index (κ1) is 16.1. The highest BCUT2D eigenvalue weighted by Gasteiger charge is 2.17. The molecule has 1 N–H and O–H groups in total. The quantitative estimate of drug-likeness (QED) is 0.767. The van der Waals surface area contributed by atoms with Gasteiger partial charge >= 0.3 is 0 Å². The normalized spacial score (nSPS) is 12.1. The van der Waals surface area contributed by atoms with Crippen LogP contribution in [0.5, 0.6) is 0 Å². The van der Waals surface area contributed by atoms with E-state index in [4.69, 9.17) is 0 Å². The number of thiophene rings is 1. The fourth-order valence-corrected chi connectivity index (χ4v) is 4.71. The average molecular weight is 353 g/mol. The number of nitrogens with one attached hydrogen (secondary N) is 1. The molecule has 3 aromatic rings. The zero-order valence-electron chi connectivity index (χ0n) is 12.7. The molecule has 23 heavy (non-hydrogen) atoms. The smallest absolute Gasteiger partial charge is 0.250 e. The monoisotopic (exact) mass is 353 g/mol. The first-order valence-corrected chi connectivity index (χ1v) is 9.34. The van der Waals surface area contributed by atoms with Crippen molar-refractivity contribution < 1.29 is 12.8 Å².